The third-order valence-corrected chi connectivity index (χ3v) is 4.86. The highest BCUT2D eigenvalue weighted by molar-refractivity contribution is 5.77. The van der Waals surface area contributed by atoms with Crippen LogP contribution in [0.1, 0.15) is 50.1 Å². The van der Waals surface area contributed by atoms with Crippen LogP contribution in [0.2, 0.25) is 0 Å². The van der Waals surface area contributed by atoms with Crippen molar-refractivity contribution >= 4 is 11.9 Å². The summed E-state index contributed by atoms with van der Waals surface area (Å²) in [6.45, 7) is 10.4. The Morgan fingerprint density at radius 1 is 1.25 bits per heavy atom. The standard InChI is InChI=1S/C18H29N3O3/c1-12(2)11-21-14(4)16(13(3)19-21)5-6-17(22)20-9-7-15(8-10-20)18(23)24/h12,15H,5-11H2,1-4H3,(H,23,24). The summed E-state index contributed by atoms with van der Waals surface area (Å²) in [6, 6.07) is 0. The molecule has 1 aromatic rings. The Bertz CT molecular complexity index is 599. The number of hydrogen-bond acceptors (Lipinski definition) is 3. The highest BCUT2D eigenvalue weighted by Crippen LogP contribution is 2.20. The number of piperidine rings is 1. The Morgan fingerprint density at radius 2 is 1.88 bits per heavy atom. The second-order valence-corrected chi connectivity index (χ2v) is 7.22. The van der Waals surface area contributed by atoms with Crippen molar-refractivity contribution in [3.63, 3.8) is 0 Å². The number of aryl methyl sites for hydroxylation is 1. The van der Waals surface area contributed by atoms with E-state index in [2.05, 4.69) is 25.9 Å². The van der Waals surface area contributed by atoms with E-state index in [1.54, 1.807) is 0 Å². The van der Waals surface area contributed by atoms with Crippen molar-refractivity contribution in [1.82, 2.24) is 14.7 Å². The zero-order valence-electron chi connectivity index (χ0n) is 15.2. The number of aliphatic carboxylic acids is 1. The monoisotopic (exact) mass is 335 g/mol. The molecule has 0 spiro atoms. The van der Waals surface area contributed by atoms with E-state index in [0.29, 0.717) is 44.7 Å². The van der Waals surface area contributed by atoms with Gasteiger partial charge in [0.2, 0.25) is 5.91 Å². The first-order valence-corrected chi connectivity index (χ1v) is 8.83. The predicted octanol–water partition coefficient (Wildman–Crippen LogP) is 2.41. The molecule has 6 heteroatoms. The minimum Gasteiger partial charge on any atom is -0.481 e. The molecular formula is C18H29N3O3. The number of hydrogen-bond donors (Lipinski definition) is 1. The maximum atomic E-state index is 12.4. The summed E-state index contributed by atoms with van der Waals surface area (Å²) in [4.78, 5) is 25.2. The molecule has 2 heterocycles. The van der Waals surface area contributed by atoms with E-state index in [1.165, 1.54) is 5.56 Å². The van der Waals surface area contributed by atoms with Crippen molar-refractivity contribution in [3.8, 4) is 0 Å². The lowest BCUT2D eigenvalue weighted by Gasteiger charge is -2.30. The highest BCUT2D eigenvalue weighted by Gasteiger charge is 2.27. The number of aromatic nitrogens is 2. The molecule has 0 radical (unpaired) electrons. The topological polar surface area (TPSA) is 75.4 Å². The zero-order chi connectivity index (χ0) is 17.9. The molecule has 0 atom stereocenters. The van der Waals surface area contributed by atoms with Gasteiger partial charge in [-0.1, -0.05) is 13.8 Å². The van der Waals surface area contributed by atoms with E-state index in [0.717, 1.165) is 17.9 Å². The molecule has 1 aromatic heterocycles. The normalized spacial score (nSPS) is 16.0. The first kappa shape index (κ1) is 18.5. The van der Waals surface area contributed by atoms with Gasteiger partial charge in [0.15, 0.2) is 0 Å². The lowest BCUT2D eigenvalue weighted by atomic mass is 9.96. The molecule has 0 saturated carbocycles. The summed E-state index contributed by atoms with van der Waals surface area (Å²) >= 11 is 0. The molecule has 134 valence electrons. The Balaban J connectivity index is 1.90. The molecule has 24 heavy (non-hydrogen) atoms. The van der Waals surface area contributed by atoms with Crippen LogP contribution >= 0.6 is 0 Å². The van der Waals surface area contributed by atoms with Crippen LogP contribution in [0.4, 0.5) is 0 Å². The number of amides is 1. The summed E-state index contributed by atoms with van der Waals surface area (Å²) < 4.78 is 2.04. The molecule has 0 aliphatic carbocycles. The van der Waals surface area contributed by atoms with E-state index in [1.807, 2.05) is 16.5 Å². The SMILES string of the molecule is Cc1nn(CC(C)C)c(C)c1CCC(=O)N1CCC(C(=O)O)CC1. The highest BCUT2D eigenvalue weighted by atomic mass is 16.4. The van der Waals surface area contributed by atoms with E-state index >= 15 is 0 Å². The van der Waals surface area contributed by atoms with Gasteiger partial charge in [-0.25, -0.2) is 0 Å². The number of likely N-dealkylation sites (tertiary alicyclic amines) is 1. The van der Waals surface area contributed by atoms with Gasteiger partial charge in [0.05, 0.1) is 11.6 Å². The summed E-state index contributed by atoms with van der Waals surface area (Å²) in [5.74, 6) is -0.388. The summed E-state index contributed by atoms with van der Waals surface area (Å²) in [5, 5.41) is 13.6. The molecule has 1 fully saturated rings. The number of carbonyl (C=O) groups is 2. The Hall–Kier alpha value is -1.85. The molecule has 0 unspecified atom stereocenters. The fraction of sp³-hybridized carbons (Fsp3) is 0.722. The second-order valence-electron chi connectivity index (χ2n) is 7.22. The van der Waals surface area contributed by atoms with Crippen LogP contribution in [-0.4, -0.2) is 44.8 Å². The van der Waals surface area contributed by atoms with Gasteiger partial charge in [-0.15, -0.1) is 0 Å². The second kappa shape index (κ2) is 7.81. The molecular weight excluding hydrogens is 306 g/mol. The van der Waals surface area contributed by atoms with Crippen LogP contribution in [0.3, 0.4) is 0 Å². The average molecular weight is 335 g/mol. The van der Waals surface area contributed by atoms with Crippen LogP contribution in [0, 0.1) is 25.7 Å². The first-order valence-electron chi connectivity index (χ1n) is 8.83. The van der Waals surface area contributed by atoms with Crippen molar-refractivity contribution in [2.75, 3.05) is 13.1 Å². The number of carboxylic acid groups (broad SMARTS) is 1. The number of carboxylic acids is 1. The van der Waals surface area contributed by atoms with Crippen molar-refractivity contribution in [2.45, 2.75) is 59.9 Å². The summed E-state index contributed by atoms with van der Waals surface area (Å²) in [5.41, 5.74) is 3.33. The van der Waals surface area contributed by atoms with Crippen molar-refractivity contribution in [1.29, 1.82) is 0 Å². The van der Waals surface area contributed by atoms with Gasteiger partial charge in [-0.2, -0.15) is 5.10 Å². The van der Waals surface area contributed by atoms with Crippen LogP contribution < -0.4 is 0 Å². The van der Waals surface area contributed by atoms with Gasteiger partial charge < -0.3 is 10.0 Å². The molecule has 1 saturated heterocycles. The van der Waals surface area contributed by atoms with Gasteiger partial charge in [-0.3, -0.25) is 14.3 Å². The van der Waals surface area contributed by atoms with Gasteiger partial charge in [0, 0.05) is 31.7 Å². The van der Waals surface area contributed by atoms with Gasteiger partial charge in [0.25, 0.3) is 0 Å². The molecule has 0 bridgehead atoms. The van der Waals surface area contributed by atoms with Crippen LogP contribution in [0.25, 0.3) is 0 Å². The molecule has 1 N–H and O–H groups in total. The average Bonchev–Trinajstić information content (AvgIpc) is 2.78. The number of rotatable bonds is 6. The summed E-state index contributed by atoms with van der Waals surface area (Å²) in [7, 11) is 0. The van der Waals surface area contributed by atoms with Crippen LogP contribution in [0.5, 0.6) is 0 Å². The largest absolute Gasteiger partial charge is 0.481 e. The molecule has 2 rings (SSSR count). The lowest BCUT2D eigenvalue weighted by Crippen LogP contribution is -2.40. The van der Waals surface area contributed by atoms with Gasteiger partial charge in [0.1, 0.15) is 0 Å². The maximum Gasteiger partial charge on any atom is 0.306 e. The minimum atomic E-state index is -0.745. The zero-order valence-corrected chi connectivity index (χ0v) is 15.2. The van der Waals surface area contributed by atoms with E-state index in [4.69, 9.17) is 5.11 Å². The maximum absolute atomic E-state index is 12.4. The number of carbonyl (C=O) groups excluding carboxylic acids is 1. The molecule has 6 nitrogen and oxygen atoms in total. The van der Waals surface area contributed by atoms with Crippen LogP contribution in [0.15, 0.2) is 0 Å². The third-order valence-electron chi connectivity index (χ3n) is 4.86. The quantitative estimate of drug-likeness (QED) is 0.866. The Morgan fingerprint density at radius 3 is 2.42 bits per heavy atom. The van der Waals surface area contributed by atoms with E-state index < -0.39 is 5.97 Å². The molecule has 1 amide bonds. The smallest absolute Gasteiger partial charge is 0.306 e. The molecule has 1 aliphatic heterocycles. The minimum absolute atomic E-state index is 0.120. The lowest BCUT2D eigenvalue weighted by molar-refractivity contribution is -0.145. The molecule has 0 aromatic carbocycles. The van der Waals surface area contributed by atoms with Crippen molar-refractivity contribution in [2.24, 2.45) is 11.8 Å². The Labute approximate surface area is 143 Å². The van der Waals surface area contributed by atoms with Gasteiger partial charge >= 0.3 is 5.97 Å². The van der Waals surface area contributed by atoms with E-state index in [9.17, 15) is 9.59 Å². The van der Waals surface area contributed by atoms with Crippen molar-refractivity contribution < 1.29 is 14.7 Å². The predicted molar refractivity (Wildman–Crippen MR) is 91.8 cm³/mol. The fourth-order valence-corrected chi connectivity index (χ4v) is 3.39. The number of nitrogens with zero attached hydrogens (tertiary/aromatic N) is 3. The molecule has 1 aliphatic rings. The van der Waals surface area contributed by atoms with Crippen molar-refractivity contribution in [3.05, 3.63) is 17.0 Å². The fourth-order valence-electron chi connectivity index (χ4n) is 3.39. The van der Waals surface area contributed by atoms with Gasteiger partial charge in [-0.05, 0) is 44.6 Å². The van der Waals surface area contributed by atoms with E-state index in [-0.39, 0.29) is 11.8 Å². The Kier molecular flexibility index (Phi) is 6.02. The first-order chi connectivity index (χ1) is 11.3. The summed E-state index contributed by atoms with van der Waals surface area (Å²) in [6.07, 6.45) is 2.29. The van der Waals surface area contributed by atoms with Crippen LogP contribution in [-0.2, 0) is 22.6 Å². The third kappa shape index (κ3) is 4.36.